The van der Waals surface area contributed by atoms with Crippen molar-refractivity contribution < 1.29 is 19.1 Å². The number of benzene rings is 1. The lowest BCUT2D eigenvalue weighted by Gasteiger charge is -2.11. The predicted octanol–water partition coefficient (Wildman–Crippen LogP) is 3.50. The van der Waals surface area contributed by atoms with Crippen molar-refractivity contribution in [2.24, 2.45) is 13.0 Å². The number of Topliss-reactive ketones (excluding diaryl/α,β-unsaturated/α-hetero) is 1. The molecule has 4 rings (SSSR count). The van der Waals surface area contributed by atoms with Crippen molar-refractivity contribution >= 4 is 22.7 Å². The van der Waals surface area contributed by atoms with Gasteiger partial charge in [0.2, 0.25) is 0 Å². The Kier molecular flexibility index (Phi) is 5.67. The van der Waals surface area contributed by atoms with E-state index in [-0.39, 0.29) is 35.9 Å². The lowest BCUT2D eigenvalue weighted by Crippen LogP contribution is -2.26. The second kappa shape index (κ2) is 8.41. The third-order valence-electron chi connectivity index (χ3n) is 5.65. The van der Waals surface area contributed by atoms with Gasteiger partial charge in [-0.25, -0.2) is 4.79 Å². The van der Waals surface area contributed by atoms with Crippen LogP contribution in [0.3, 0.4) is 0 Å². The summed E-state index contributed by atoms with van der Waals surface area (Å²) in [5, 5.41) is 0.303. The number of aromatic nitrogens is 2. The Bertz CT molecular complexity index is 1200. The summed E-state index contributed by atoms with van der Waals surface area (Å²) in [4.78, 5) is 38.9. The highest BCUT2D eigenvalue weighted by molar-refractivity contribution is 6.02. The number of ketones is 1. The van der Waals surface area contributed by atoms with Crippen LogP contribution in [0.1, 0.15) is 46.3 Å². The normalized spacial score (nSPS) is 13.4. The molecule has 2 aromatic heterocycles. The summed E-state index contributed by atoms with van der Waals surface area (Å²) in [6.45, 7) is 4.09. The summed E-state index contributed by atoms with van der Waals surface area (Å²) in [5.74, 6) is -0.00509. The molecule has 0 spiro atoms. The summed E-state index contributed by atoms with van der Waals surface area (Å²) in [6.07, 6.45) is 2.16. The van der Waals surface area contributed by atoms with Crippen molar-refractivity contribution in [2.75, 3.05) is 13.2 Å². The van der Waals surface area contributed by atoms with E-state index in [1.165, 1.54) is 4.57 Å². The van der Waals surface area contributed by atoms with Gasteiger partial charge in [-0.05, 0) is 38.7 Å². The van der Waals surface area contributed by atoms with Crippen LogP contribution in [-0.2, 0) is 18.3 Å². The minimum atomic E-state index is -0.532. The minimum absolute atomic E-state index is 0.0870. The highest BCUT2D eigenvalue weighted by Crippen LogP contribution is 2.35. The van der Waals surface area contributed by atoms with E-state index in [0.717, 1.165) is 12.8 Å². The molecule has 1 fully saturated rings. The molecule has 2 heterocycles. The highest BCUT2D eigenvalue weighted by Gasteiger charge is 2.30. The number of rotatable bonds is 8. The first kappa shape index (κ1) is 20.9. The van der Waals surface area contributed by atoms with E-state index in [1.54, 1.807) is 49.7 Å². The van der Waals surface area contributed by atoms with E-state index in [1.807, 2.05) is 12.1 Å². The molecule has 1 saturated carbocycles. The van der Waals surface area contributed by atoms with Gasteiger partial charge in [0.1, 0.15) is 5.39 Å². The molecule has 1 aromatic carbocycles. The zero-order valence-corrected chi connectivity index (χ0v) is 18.0. The summed E-state index contributed by atoms with van der Waals surface area (Å²) >= 11 is 0. The molecule has 7 heteroatoms. The standard InChI is InChI=1S/C24H26N2O5/c1-4-30-24(29)21-22(31-14-16-10-11-16)20-18(25(21)3)12-15(2)26(23(20)28)13-19(27)17-8-6-5-7-9-17/h5-9,12,16H,4,10-11,13-14H2,1-3H3. The van der Waals surface area contributed by atoms with E-state index >= 15 is 0 Å². The molecule has 7 nitrogen and oxygen atoms in total. The Balaban J connectivity index is 1.84. The summed E-state index contributed by atoms with van der Waals surface area (Å²) in [7, 11) is 1.72. The number of nitrogens with zero attached hydrogens (tertiary/aromatic N) is 2. The van der Waals surface area contributed by atoms with Crippen LogP contribution in [0.2, 0.25) is 0 Å². The predicted molar refractivity (Wildman–Crippen MR) is 117 cm³/mol. The molecule has 0 atom stereocenters. The fraction of sp³-hybridized carbons (Fsp3) is 0.375. The SMILES string of the molecule is CCOC(=O)c1c(OCC2CC2)c2c(=O)n(CC(=O)c3ccccc3)c(C)cc2n1C. The number of aryl methyl sites for hydroxylation is 2. The Labute approximate surface area is 180 Å². The van der Waals surface area contributed by atoms with Crippen LogP contribution >= 0.6 is 0 Å². The lowest BCUT2D eigenvalue weighted by molar-refractivity contribution is 0.0510. The van der Waals surface area contributed by atoms with Gasteiger partial charge >= 0.3 is 5.97 Å². The smallest absolute Gasteiger partial charge is 0.358 e. The highest BCUT2D eigenvalue weighted by atomic mass is 16.5. The molecule has 0 aliphatic heterocycles. The molecule has 1 aliphatic rings. The van der Waals surface area contributed by atoms with Crippen molar-refractivity contribution in [3.05, 3.63) is 63.7 Å². The van der Waals surface area contributed by atoms with Crippen LogP contribution in [0.5, 0.6) is 5.75 Å². The first-order chi connectivity index (χ1) is 14.9. The topological polar surface area (TPSA) is 79.5 Å². The van der Waals surface area contributed by atoms with E-state index < -0.39 is 5.97 Å². The van der Waals surface area contributed by atoms with E-state index in [9.17, 15) is 14.4 Å². The number of carbonyl (C=O) groups is 2. The number of carbonyl (C=O) groups excluding carboxylic acids is 2. The lowest BCUT2D eigenvalue weighted by atomic mass is 10.1. The molecule has 1 aliphatic carbocycles. The number of esters is 1. The molecule has 0 amide bonds. The molecule has 31 heavy (non-hydrogen) atoms. The largest absolute Gasteiger partial charge is 0.490 e. The second-order valence-corrected chi connectivity index (χ2v) is 7.94. The average Bonchev–Trinajstić information content (AvgIpc) is 3.54. The Hall–Kier alpha value is -3.35. The molecule has 0 N–H and O–H groups in total. The third-order valence-corrected chi connectivity index (χ3v) is 5.65. The van der Waals surface area contributed by atoms with Crippen LogP contribution in [0.15, 0.2) is 41.2 Å². The van der Waals surface area contributed by atoms with E-state index in [0.29, 0.717) is 34.7 Å². The molecule has 0 saturated heterocycles. The van der Waals surface area contributed by atoms with Gasteiger partial charge < -0.3 is 18.6 Å². The van der Waals surface area contributed by atoms with Gasteiger partial charge in [-0.1, -0.05) is 30.3 Å². The number of fused-ring (bicyclic) bond motifs is 1. The maximum Gasteiger partial charge on any atom is 0.358 e. The minimum Gasteiger partial charge on any atom is -0.490 e. The van der Waals surface area contributed by atoms with Gasteiger partial charge in [0.05, 0.1) is 25.3 Å². The fourth-order valence-electron chi connectivity index (χ4n) is 3.73. The monoisotopic (exact) mass is 422 g/mol. The van der Waals surface area contributed by atoms with Gasteiger partial charge in [-0.2, -0.15) is 0 Å². The van der Waals surface area contributed by atoms with E-state index in [2.05, 4.69) is 0 Å². The van der Waals surface area contributed by atoms with Gasteiger partial charge in [0.15, 0.2) is 17.2 Å². The number of hydrogen-bond donors (Lipinski definition) is 0. The van der Waals surface area contributed by atoms with Crippen molar-refractivity contribution in [1.82, 2.24) is 9.13 Å². The fourth-order valence-corrected chi connectivity index (χ4v) is 3.73. The van der Waals surface area contributed by atoms with Crippen molar-refractivity contribution in [1.29, 1.82) is 0 Å². The van der Waals surface area contributed by atoms with Gasteiger partial charge in [0.25, 0.3) is 5.56 Å². The molecular formula is C24H26N2O5. The Morgan fingerprint density at radius 3 is 2.52 bits per heavy atom. The van der Waals surface area contributed by atoms with Crippen LogP contribution in [0.25, 0.3) is 10.9 Å². The number of hydrogen-bond acceptors (Lipinski definition) is 5. The quantitative estimate of drug-likeness (QED) is 0.410. The van der Waals surface area contributed by atoms with Gasteiger partial charge in [-0.3, -0.25) is 9.59 Å². The second-order valence-electron chi connectivity index (χ2n) is 7.94. The Morgan fingerprint density at radius 1 is 1.16 bits per heavy atom. The summed E-state index contributed by atoms with van der Waals surface area (Å²) < 4.78 is 14.3. The molecule has 0 unspecified atom stereocenters. The summed E-state index contributed by atoms with van der Waals surface area (Å²) in [5.41, 5.74) is 1.63. The zero-order valence-electron chi connectivity index (χ0n) is 18.0. The molecule has 3 aromatic rings. The first-order valence-electron chi connectivity index (χ1n) is 10.5. The Morgan fingerprint density at radius 2 is 1.87 bits per heavy atom. The average molecular weight is 422 g/mol. The number of pyridine rings is 1. The van der Waals surface area contributed by atoms with Crippen LogP contribution in [0.4, 0.5) is 0 Å². The first-order valence-corrected chi connectivity index (χ1v) is 10.5. The third kappa shape index (κ3) is 4.00. The van der Waals surface area contributed by atoms with Crippen LogP contribution in [0, 0.1) is 12.8 Å². The van der Waals surface area contributed by atoms with Crippen LogP contribution in [-0.4, -0.2) is 34.1 Å². The zero-order chi connectivity index (χ0) is 22.1. The summed E-state index contributed by atoms with van der Waals surface area (Å²) in [6, 6.07) is 10.7. The van der Waals surface area contributed by atoms with Crippen molar-refractivity contribution in [3.63, 3.8) is 0 Å². The molecule has 0 bridgehead atoms. The molecule has 0 radical (unpaired) electrons. The number of ether oxygens (including phenoxy) is 2. The van der Waals surface area contributed by atoms with E-state index in [4.69, 9.17) is 9.47 Å². The van der Waals surface area contributed by atoms with Gasteiger partial charge in [0, 0.05) is 18.3 Å². The maximum absolute atomic E-state index is 13.5. The van der Waals surface area contributed by atoms with Crippen LogP contribution < -0.4 is 10.3 Å². The van der Waals surface area contributed by atoms with Gasteiger partial charge in [-0.15, -0.1) is 0 Å². The maximum atomic E-state index is 13.5. The van der Waals surface area contributed by atoms with Crippen molar-refractivity contribution in [2.45, 2.75) is 33.2 Å². The van der Waals surface area contributed by atoms with Crippen molar-refractivity contribution in [3.8, 4) is 5.75 Å². The molecule has 162 valence electrons. The molecular weight excluding hydrogens is 396 g/mol.